The molecule has 1 unspecified atom stereocenters. The SMILES string of the molecule is C=CC(C)Nc1cc(F)cc(OC)c1. The Morgan fingerprint density at radius 2 is 2.21 bits per heavy atom. The van der Waals surface area contributed by atoms with Gasteiger partial charge in [0.25, 0.3) is 0 Å². The van der Waals surface area contributed by atoms with Crippen molar-refractivity contribution in [3.8, 4) is 5.75 Å². The van der Waals surface area contributed by atoms with Crippen LogP contribution in [0.2, 0.25) is 0 Å². The molecular formula is C11H14FNO. The van der Waals surface area contributed by atoms with Crippen molar-refractivity contribution in [1.29, 1.82) is 0 Å². The second-order valence-corrected chi connectivity index (χ2v) is 3.05. The third-order valence-electron chi connectivity index (χ3n) is 1.85. The number of anilines is 1. The lowest BCUT2D eigenvalue weighted by Crippen LogP contribution is -2.11. The van der Waals surface area contributed by atoms with Gasteiger partial charge in [-0.15, -0.1) is 6.58 Å². The minimum absolute atomic E-state index is 0.0986. The van der Waals surface area contributed by atoms with Crippen LogP contribution >= 0.6 is 0 Å². The van der Waals surface area contributed by atoms with Gasteiger partial charge < -0.3 is 10.1 Å². The molecule has 1 aromatic carbocycles. The summed E-state index contributed by atoms with van der Waals surface area (Å²) in [6.45, 7) is 5.57. The quantitative estimate of drug-likeness (QED) is 0.746. The van der Waals surface area contributed by atoms with Gasteiger partial charge in [-0.1, -0.05) is 6.08 Å². The van der Waals surface area contributed by atoms with Crippen molar-refractivity contribution in [1.82, 2.24) is 0 Å². The third kappa shape index (κ3) is 2.76. The molecule has 3 heteroatoms. The van der Waals surface area contributed by atoms with E-state index in [9.17, 15) is 4.39 Å². The Labute approximate surface area is 83.4 Å². The minimum Gasteiger partial charge on any atom is -0.497 e. The van der Waals surface area contributed by atoms with Gasteiger partial charge in [0.05, 0.1) is 7.11 Å². The van der Waals surface area contributed by atoms with Crippen LogP contribution in [0, 0.1) is 5.82 Å². The Kier molecular flexibility index (Phi) is 3.51. The fourth-order valence-corrected chi connectivity index (χ4v) is 1.09. The van der Waals surface area contributed by atoms with E-state index in [1.807, 2.05) is 6.92 Å². The summed E-state index contributed by atoms with van der Waals surface area (Å²) in [5.74, 6) is 0.187. The number of benzene rings is 1. The minimum atomic E-state index is -0.317. The van der Waals surface area contributed by atoms with Gasteiger partial charge in [-0.25, -0.2) is 4.39 Å². The Morgan fingerprint density at radius 3 is 2.79 bits per heavy atom. The number of hydrogen-bond acceptors (Lipinski definition) is 2. The molecule has 0 bridgehead atoms. The van der Waals surface area contributed by atoms with Crippen LogP contribution in [-0.2, 0) is 0 Å². The fourth-order valence-electron chi connectivity index (χ4n) is 1.09. The summed E-state index contributed by atoms with van der Waals surface area (Å²) in [5.41, 5.74) is 0.689. The Hall–Kier alpha value is -1.51. The molecule has 0 saturated carbocycles. The topological polar surface area (TPSA) is 21.3 Å². The van der Waals surface area contributed by atoms with E-state index in [4.69, 9.17) is 4.74 Å². The first-order valence-corrected chi connectivity index (χ1v) is 4.39. The molecule has 0 saturated heterocycles. The zero-order chi connectivity index (χ0) is 10.6. The van der Waals surface area contributed by atoms with Crippen LogP contribution in [-0.4, -0.2) is 13.2 Å². The Morgan fingerprint density at radius 1 is 1.50 bits per heavy atom. The average molecular weight is 195 g/mol. The summed E-state index contributed by atoms with van der Waals surface area (Å²) in [4.78, 5) is 0. The number of methoxy groups -OCH3 is 1. The smallest absolute Gasteiger partial charge is 0.128 e. The molecule has 1 aromatic rings. The number of halogens is 1. The molecule has 0 aliphatic heterocycles. The van der Waals surface area contributed by atoms with E-state index < -0.39 is 0 Å². The monoisotopic (exact) mass is 195 g/mol. The van der Waals surface area contributed by atoms with Crippen molar-refractivity contribution in [3.63, 3.8) is 0 Å². The molecule has 76 valence electrons. The second-order valence-electron chi connectivity index (χ2n) is 3.05. The van der Waals surface area contributed by atoms with Crippen molar-refractivity contribution in [2.75, 3.05) is 12.4 Å². The van der Waals surface area contributed by atoms with E-state index >= 15 is 0 Å². The van der Waals surface area contributed by atoms with Crippen molar-refractivity contribution < 1.29 is 9.13 Å². The lowest BCUT2D eigenvalue weighted by molar-refractivity contribution is 0.411. The van der Waals surface area contributed by atoms with Crippen LogP contribution in [0.25, 0.3) is 0 Å². The van der Waals surface area contributed by atoms with Gasteiger partial charge in [-0.05, 0) is 13.0 Å². The van der Waals surface area contributed by atoms with E-state index in [2.05, 4.69) is 11.9 Å². The third-order valence-corrected chi connectivity index (χ3v) is 1.85. The van der Waals surface area contributed by atoms with Crippen LogP contribution in [0.5, 0.6) is 5.75 Å². The van der Waals surface area contributed by atoms with Crippen LogP contribution < -0.4 is 10.1 Å². The molecule has 1 N–H and O–H groups in total. The first-order valence-electron chi connectivity index (χ1n) is 4.39. The van der Waals surface area contributed by atoms with Crippen molar-refractivity contribution >= 4 is 5.69 Å². The molecule has 0 aromatic heterocycles. The second kappa shape index (κ2) is 4.65. The van der Waals surface area contributed by atoms with Crippen LogP contribution in [0.4, 0.5) is 10.1 Å². The van der Waals surface area contributed by atoms with Crippen LogP contribution in [0.1, 0.15) is 6.92 Å². The Bertz CT molecular complexity index is 325. The molecule has 0 amide bonds. The maximum Gasteiger partial charge on any atom is 0.128 e. The molecule has 0 aliphatic rings. The average Bonchev–Trinajstić information content (AvgIpc) is 2.16. The van der Waals surface area contributed by atoms with E-state index in [1.54, 1.807) is 12.1 Å². The van der Waals surface area contributed by atoms with Crippen LogP contribution in [0.3, 0.4) is 0 Å². The van der Waals surface area contributed by atoms with E-state index in [0.717, 1.165) is 0 Å². The molecule has 0 aliphatic carbocycles. The highest BCUT2D eigenvalue weighted by atomic mass is 19.1. The highest BCUT2D eigenvalue weighted by molar-refractivity contribution is 5.49. The summed E-state index contributed by atoms with van der Waals surface area (Å²) in [6.07, 6.45) is 1.75. The van der Waals surface area contributed by atoms with Gasteiger partial charge in [-0.3, -0.25) is 0 Å². The highest BCUT2D eigenvalue weighted by Gasteiger charge is 2.02. The number of rotatable bonds is 4. The first kappa shape index (κ1) is 10.6. The predicted octanol–water partition coefficient (Wildman–Crippen LogP) is 2.82. The molecule has 0 spiro atoms. The summed E-state index contributed by atoms with van der Waals surface area (Å²) in [7, 11) is 1.51. The molecule has 2 nitrogen and oxygen atoms in total. The van der Waals surface area contributed by atoms with E-state index in [-0.39, 0.29) is 11.9 Å². The summed E-state index contributed by atoms with van der Waals surface area (Å²) >= 11 is 0. The highest BCUT2D eigenvalue weighted by Crippen LogP contribution is 2.20. The normalized spacial score (nSPS) is 11.9. The molecule has 1 rings (SSSR count). The molecule has 0 heterocycles. The van der Waals surface area contributed by atoms with E-state index in [0.29, 0.717) is 11.4 Å². The fraction of sp³-hybridized carbons (Fsp3) is 0.273. The predicted molar refractivity (Wildman–Crippen MR) is 56.2 cm³/mol. The molecule has 0 radical (unpaired) electrons. The van der Waals surface area contributed by atoms with Crippen molar-refractivity contribution in [2.24, 2.45) is 0 Å². The summed E-state index contributed by atoms with van der Waals surface area (Å²) in [6, 6.07) is 4.59. The number of ether oxygens (including phenoxy) is 1. The molecule has 1 atom stereocenters. The van der Waals surface area contributed by atoms with Gasteiger partial charge >= 0.3 is 0 Å². The largest absolute Gasteiger partial charge is 0.497 e. The molecule has 0 fully saturated rings. The maximum atomic E-state index is 13.0. The van der Waals surface area contributed by atoms with E-state index in [1.165, 1.54) is 19.2 Å². The van der Waals surface area contributed by atoms with Crippen LogP contribution in [0.15, 0.2) is 30.9 Å². The summed E-state index contributed by atoms with van der Waals surface area (Å²) in [5, 5.41) is 3.07. The lowest BCUT2D eigenvalue weighted by Gasteiger charge is -2.11. The zero-order valence-electron chi connectivity index (χ0n) is 8.38. The first-order chi connectivity index (χ1) is 6.65. The molecule has 14 heavy (non-hydrogen) atoms. The van der Waals surface area contributed by atoms with Gasteiger partial charge in [-0.2, -0.15) is 0 Å². The van der Waals surface area contributed by atoms with Gasteiger partial charge in [0.1, 0.15) is 11.6 Å². The summed E-state index contributed by atoms with van der Waals surface area (Å²) < 4.78 is 18.0. The standard InChI is InChI=1S/C11H14FNO/c1-4-8(2)13-10-5-9(12)6-11(7-10)14-3/h4-8,13H,1H2,2-3H3. The number of hydrogen-bond donors (Lipinski definition) is 1. The molecular weight excluding hydrogens is 181 g/mol. The van der Waals surface area contributed by atoms with Crippen molar-refractivity contribution in [2.45, 2.75) is 13.0 Å². The number of nitrogens with one attached hydrogen (secondary N) is 1. The van der Waals surface area contributed by atoms with Gasteiger partial charge in [0.2, 0.25) is 0 Å². The maximum absolute atomic E-state index is 13.0. The lowest BCUT2D eigenvalue weighted by atomic mass is 10.2. The van der Waals surface area contributed by atoms with Gasteiger partial charge in [0.15, 0.2) is 0 Å². The zero-order valence-corrected chi connectivity index (χ0v) is 8.38. The van der Waals surface area contributed by atoms with Gasteiger partial charge in [0, 0.05) is 23.9 Å². The van der Waals surface area contributed by atoms with Crippen molar-refractivity contribution in [3.05, 3.63) is 36.7 Å². The Balaban J connectivity index is 2.86.